The maximum atomic E-state index is 13.7. The normalized spacial score (nSPS) is 30.6. The van der Waals surface area contributed by atoms with E-state index in [1.165, 1.54) is 0 Å². The topological polar surface area (TPSA) is 253 Å². The Morgan fingerprint density at radius 2 is 1.15 bits per heavy atom. The molecular weight excluding hydrogens is 931 g/mol. The molecule has 3 aromatic carbocycles. The smallest absolute Gasteiger partial charge is 0.408 e. The standard InChI is InChI=1S/C54H77N3O15/c1-10-20-37(58)47(63)56-39-43(61)40(57-51(65)72-53(7,8)9)46(69-48-31(2)27-28-36(67-48)29-55-50(64)71-52(4,5)6)44(62)45(39)70-49-42(60)32(3)41(59)38(68-49)30-66-54(33-21-14-11-15-22-33,34-23-16-12-17-24-34)35-25-18-13-19-26-35/h11-19,21-26,31-32,36-46,48-49,58-62H,10,20,27-30H2,1-9H3,(H,55,64)(H,56,63)(H,57,65)/t31?,32-,36?,37-,38?,39+,40-,41+,42?,43?,44?,45-,46?,48+,49+/m0/s1. The van der Waals surface area contributed by atoms with Gasteiger partial charge in [-0.25, -0.2) is 9.59 Å². The molecule has 0 spiro atoms. The van der Waals surface area contributed by atoms with Crippen molar-refractivity contribution >= 4 is 18.1 Å². The molecule has 0 aromatic heterocycles. The van der Waals surface area contributed by atoms with Gasteiger partial charge < -0.3 is 74.6 Å². The van der Waals surface area contributed by atoms with Crippen LogP contribution in [0.4, 0.5) is 9.59 Å². The molecular formula is C54H77N3O15. The maximum absolute atomic E-state index is 13.7. The molecule has 2 aliphatic heterocycles. The van der Waals surface area contributed by atoms with Gasteiger partial charge in [0.25, 0.3) is 0 Å². The van der Waals surface area contributed by atoms with Crippen molar-refractivity contribution < 1.29 is 73.1 Å². The monoisotopic (exact) mass is 1010 g/mol. The van der Waals surface area contributed by atoms with Crippen LogP contribution >= 0.6 is 0 Å². The molecule has 7 unspecified atom stereocenters. The van der Waals surface area contributed by atoms with E-state index in [1.54, 1.807) is 55.4 Å². The fourth-order valence-corrected chi connectivity index (χ4v) is 9.46. The predicted octanol–water partition coefficient (Wildman–Crippen LogP) is 4.79. The van der Waals surface area contributed by atoms with Gasteiger partial charge in [-0.3, -0.25) is 4.79 Å². The van der Waals surface area contributed by atoms with Gasteiger partial charge in [-0.2, -0.15) is 0 Å². The number of nitrogens with one attached hydrogen (secondary N) is 3. The molecule has 2 saturated heterocycles. The van der Waals surface area contributed by atoms with Crippen LogP contribution in [0.3, 0.4) is 0 Å². The molecule has 1 saturated carbocycles. The van der Waals surface area contributed by atoms with Gasteiger partial charge in [0.2, 0.25) is 5.91 Å². The summed E-state index contributed by atoms with van der Waals surface area (Å²) in [4.78, 5) is 39.8. The van der Waals surface area contributed by atoms with Crippen LogP contribution in [0.5, 0.6) is 0 Å². The third kappa shape index (κ3) is 14.1. The number of benzene rings is 3. The van der Waals surface area contributed by atoms with E-state index in [0.29, 0.717) is 19.3 Å². The van der Waals surface area contributed by atoms with Crippen molar-refractivity contribution in [2.24, 2.45) is 11.8 Å². The number of rotatable bonds is 17. The molecule has 398 valence electrons. The van der Waals surface area contributed by atoms with Gasteiger partial charge in [-0.1, -0.05) is 118 Å². The lowest BCUT2D eigenvalue weighted by Crippen LogP contribution is -2.74. The fourth-order valence-electron chi connectivity index (χ4n) is 9.46. The van der Waals surface area contributed by atoms with Crippen molar-refractivity contribution in [3.05, 3.63) is 108 Å². The SMILES string of the molecule is CCC[C@H](O)C(=O)N[C@@H]1C(O)[C@H](NC(=O)OC(C)(C)C)C(O[C@H]2OC(CNC(=O)OC(C)(C)C)CCC2C)C(O)[C@H]1O[C@H]1OC(COC(c2ccccc2)(c2ccccc2)c2ccccc2)[C@H](O)[C@H](C)C1O. The van der Waals surface area contributed by atoms with E-state index >= 15 is 0 Å². The summed E-state index contributed by atoms with van der Waals surface area (Å²) in [6.07, 6.45) is -15.7. The quantitative estimate of drug-likeness (QED) is 0.0847. The third-order valence-electron chi connectivity index (χ3n) is 13.2. The van der Waals surface area contributed by atoms with Crippen LogP contribution in [-0.4, -0.2) is 148 Å². The van der Waals surface area contributed by atoms with Crippen molar-refractivity contribution in [1.82, 2.24) is 16.0 Å². The number of hydrogen-bond acceptors (Lipinski definition) is 15. The molecule has 15 atom stereocenters. The van der Waals surface area contributed by atoms with Crippen LogP contribution in [0.25, 0.3) is 0 Å². The highest BCUT2D eigenvalue weighted by Gasteiger charge is 2.56. The van der Waals surface area contributed by atoms with E-state index in [9.17, 15) is 39.9 Å². The predicted molar refractivity (Wildman–Crippen MR) is 264 cm³/mol. The lowest BCUT2D eigenvalue weighted by Gasteiger charge is -2.51. The van der Waals surface area contributed by atoms with Crippen molar-refractivity contribution in [2.45, 2.75) is 184 Å². The molecule has 3 aromatic rings. The minimum absolute atomic E-state index is 0.0614. The molecule has 0 bridgehead atoms. The second-order valence-corrected chi connectivity index (χ2v) is 21.2. The molecule has 3 fully saturated rings. The number of carbonyl (C=O) groups is 3. The van der Waals surface area contributed by atoms with E-state index in [-0.39, 0.29) is 25.5 Å². The van der Waals surface area contributed by atoms with Gasteiger partial charge >= 0.3 is 12.2 Å². The number of alkyl carbamates (subject to hydrolysis) is 2. The van der Waals surface area contributed by atoms with Crippen LogP contribution in [0.1, 0.15) is 105 Å². The summed E-state index contributed by atoms with van der Waals surface area (Å²) in [5, 5.41) is 67.5. The van der Waals surface area contributed by atoms with Crippen molar-refractivity contribution in [1.29, 1.82) is 0 Å². The number of ether oxygens (including phenoxy) is 7. The summed E-state index contributed by atoms with van der Waals surface area (Å²) in [6.45, 7) is 15.2. The number of aliphatic hydroxyl groups is 5. The third-order valence-corrected chi connectivity index (χ3v) is 13.2. The van der Waals surface area contributed by atoms with Crippen molar-refractivity contribution in [2.75, 3.05) is 13.2 Å². The zero-order valence-electron chi connectivity index (χ0n) is 42.9. The van der Waals surface area contributed by atoms with Gasteiger partial charge in [-0.05, 0) is 77.5 Å². The second kappa shape index (κ2) is 24.5. The van der Waals surface area contributed by atoms with E-state index in [1.807, 2.05) is 97.9 Å². The summed E-state index contributed by atoms with van der Waals surface area (Å²) in [5.74, 6) is -2.13. The zero-order chi connectivity index (χ0) is 52.5. The lowest BCUT2D eigenvalue weighted by molar-refractivity contribution is -0.330. The highest BCUT2D eigenvalue weighted by atomic mass is 16.7. The van der Waals surface area contributed by atoms with Crippen LogP contribution in [0.2, 0.25) is 0 Å². The largest absolute Gasteiger partial charge is 0.444 e. The van der Waals surface area contributed by atoms with Crippen LogP contribution < -0.4 is 16.0 Å². The summed E-state index contributed by atoms with van der Waals surface area (Å²) in [6, 6.07) is 25.7. The van der Waals surface area contributed by atoms with E-state index in [0.717, 1.165) is 16.7 Å². The average Bonchev–Trinajstić information content (AvgIpc) is 3.33. The number of hydrogen-bond donors (Lipinski definition) is 8. The summed E-state index contributed by atoms with van der Waals surface area (Å²) in [7, 11) is 0. The Morgan fingerprint density at radius 3 is 1.67 bits per heavy atom. The zero-order valence-corrected chi connectivity index (χ0v) is 42.9. The molecule has 18 nitrogen and oxygen atoms in total. The Morgan fingerprint density at radius 1 is 0.653 bits per heavy atom. The van der Waals surface area contributed by atoms with Crippen LogP contribution in [0.15, 0.2) is 91.0 Å². The highest BCUT2D eigenvalue weighted by molar-refractivity contribution is 5.81. The minimum atomic E-state index is -1.84. The van der Waals surface area contributed by atoms with Gasteiger partial charge in [0.15, 0.2) is 12.6 Å². The number of carbonyl (C=O) groups excluding carboxylic acids is 3. The maximum Gasteiger partial charge on any atom is 0.408 e. The number of amides is 3. The van der Waals surface area contributed by atoms with Gasteiger partial charge in [0.05, 0.1) is 37.0 Å². The second-order valence-electron chi connectivity index (χ2n) is 21.2. The van der Waals surface area contributed by atoms with Crippen LogP contribution in [-0.2, 0) is 43.6 Å². The Hall–Kier alpha value is -4.73. The summed E-state index contributed by atoms with van der Waals surface area (Å²) >= 11 is 0. The Balaban J connectivity index is 1.34. The molecule has 3 amide bonds. The molecule has 3 aliphatic rings. The highest BCUT2D eigenvalue weighted by Crippen LogP contribution is 2.42. The Labute approximate surface area is 423 Å². The first-order valence-electron chi connectivity index (χ1n) is 25.1. The van der Waals surface area contributed by atoms with Crippen LogP contribution in [0, 0.1) is 11.8 Å². The van der Waals surface area contributed by atoms with Crippen molar-refractivity contribution in [3.8, 4) is 0 Å². The average molecular weight is 1010 g/mol. The van der Waals surface area contributed by atoms with Gasteiger partial charge in [0, 0.05) is 18.4 Å². The number of aliphatic hydroxyl groups excluding tert-OH is 5. The lowest BCUT2D eigenvalue weighted by atomic mass is 9.80. The first kappa shape index (κ1) is 56.6. The molecule has 0 radical (unpaired) electrons. The van der Waals surface area contributed by atoms with E-state index in [4.69, 9.17) is 33.2 Å². The Bertz CT molecular complexity index is 2080. The van der Waals surface area contributed by atoms with Gasteiger partial charge in [0.1, 0.15) is 53.4 Å². The minimum Gasteiger partial charge on any atom is -0.444 e. The fraction of sp³-hybridized carbons (Fsp3) is 0.611. The van der Waals surface area contributed by atoms with Gasteiger partial charge in [-0.15, -0.1) is 0 Å². The molecule has 72 heavy (non-hydrogen) atoms. The first-order valence-corrected chi connectivity index (χ1v) is 25.1. The summed E-state index contributed by atoms with van der Waals surface area (Å²) < 4.78 is 43.9. The van der Waals surface area contributed by atoms with Crippen molar-refractivity contribution in [3.63, 3.8) is 0 Å². The molecule has 8 N–H and O–H groups in total. The van der Waals surface area contributed by atoms with E-state index < -0.39 is 120 Å². The van der Waals surface area contributed by atoms with E-state index in [2.05, 4.69) is 16.0 Å². The molecule has 1 aliphatic carbocycles. The summed E-state index contributed by atoms with van der Waals surface area (Å²) in [5.41, 5.74) is -0.570. The Kier molecular flexibility index (Phi) is 19.3. The first-order chi connectivity index (χ1) is 34.0. The molecule has 6 rings (SSSR count). The molecule has 18 heteroatoms. The molecule has 2 heterocycles.